The lowest BCUT2D eigenvalue weighted by molar-refractivity contribution is 1.49. The number of amidine groups is 6. The number of fused-ring (bicyclic) bond motifs is 12. The monoisotopic (exact) mass is 588 g/mol. The van der Waals surface area contributed by atoms with E-state index in [1.54, 1.807) is 36.4 Å². The van der Waals surface area contributed by atoms with Crippen LogP contribution in [0.4, 0.5) is 0 Å². The van der Waals surface area contributed by atoms with Gasteiger partial charge < -0.3 is 0 Å². The molecule has 0 saturated heterocycles. The Balaban J connectivity index is 1.58. The van der Waals surface area contributed by atoms with Gasteiger partial charge in [0.1, 0.15) is 0 Å². The lowest BCUT2D eigenvalue weighted by atomic mass is 10.1. The van der Waals surface area contributed by atoms with Crippen LogP contribution >= 0.6 is 69.6 Å². The number of nitrogens with zero attached hydrogens (tertiary/aromatic N) is 6. The van der Waals surface area contributed by atoms with E-state index >= 15 is 0 Å². The summed E-state index contributed by atoms with van der Waals surface area (Å²) in [5, 5.41) is 2.14. The Morgan fingerprint density at radius 3 is 0.556 bits per heavy atom. The minimum atomic E-state index is 0.357. The molecule has 6 nitrogen and oxygen atoms in total. The summed E-state index contributed by atoms with van der Waals surface area (Å²) in [7, 11) is 0. The van der Waals surface area contributed by atoms with Crippen molar-refractivity contribution in [3.63, 3.8) is 0 Å². The smallest absolute Gasteiger partial charge is 0.164 e. The molecule has 0 amide bonds. The number of hydrogen-bond acceptors (Lipinski definition) is 6. The van der Waals surface area contributed by atoms with E-state index in [1.807, 2.05) is 0 Å². The molecule has 0 fully saturated rings. The SMILES string of the molecule is Clc1cc2c(cc1Cl)C1=NC3=NC(=NC4=NC(=NC2=N1)c1cc(Cl)c(Cl)cc14)c1cc(Cl)c(Cl)cc13. The molecule has 0 aliphatic carbocycles. The molecule has 0 N–H and O–H groups in total. The van der Waals surface area contributed by atoms with Gasteiger partial charge >= 0.3 is 0 Å². The molecule has 0 aromatic heterocycles. The lowest BCUT2D eigenvalue weighted by Gasteiger charge is -2.05. The van der Waals surface area contributed by atoms with Crippen molar-refractivity contribution in [2.75, 3.05) is 0 Å². The first kappa shape index (κ1) is 22.6. The number of halogens is 6. The second-order valence-corrected chi connectivity index (χ2v) is 10.5. The zero-order valence-electron chi connectivity index (χ0n) is 17.4. The average Bonchev–Trinajstić information content (AvgIpc) is 3.43. The predicted molar refractivity (Wildman–Crippen MR) is 149 cm³/mol. The molecule has 3 aromatic rings. The minimum absolute atomic E-state index is 0.357. The molecular formula is C24H6Cl6N6. The Labute approximate surface area is 233 Å². The van der Waals surface area contributed by atoms with Gasteiger partial charge in [0.15, 0.2) is 35.0 Å². The first-order chi connectivity index (χ1) is 17.3. The zero-order valence-corrected chi connectivity index (χ0v) is 22.0. The molecule has 4 heterocycles. The Kier molecular flexibility index (Phi) is 5.00. The first-order valence-corrected chi connectivity index (χ1v) is 12.5. The number of aliphatic imine (C=N–C) groups is 6. The van der Waals surface area contributed by atoms with Crippen molar-refractivity contribution >= 4 is 105 Å². The molecule has 4 aliphatic rings. The number of rotatable bonds is 0. The van der Waals surface area contributed by atoms with Gasteiger partial charge in [-0.2, -0.15) is 0 Å². The van der Waals surface area contributed by atoms with E-state index in [9.17, 15) is 0 Å². The summed E-state index contributed by atoms with van der Waals surface area (Å²) in [6, 6.07) is 10.2. The normalized spacial score (nSPS) is 16.5. The van der Waals surface area contributed by atoms with Crippen molar-refractivity contribution in [2.45, 2.75) is 0 Å². The van der Waals surface area contributed by atoms with Crippen molar-refractivity contribution in [1.82, 2.24) is 0 Å². The van der Waals surface area contributed by atoms with E-state index in [0.717, 1.165) is 0 Å². The third-order valence-electron chi connectivity index (χ3n) is 5.90. The molecule has 6 bridgehead atoms. The quantitative estimate of drug-likeness (QED) is 0.259. The standard InChI is InChI=1S/C24H6Cl6N6/c25-13-1-7-8(2-14(13)26)20-31-19(7)34-21-9-3-15(27)16(28)4-10(9)23(32-21)36-24-12-6-18(30)17(29)5-11(12)22(33-24)35-20/h1-6H. The highest BCUT2D eigenvalue weighted by molar-refractivity contribution is 6.45. The second kappa shape index (κ2) is 7.96. The van der Waals surface area contributed by atoms with Crippen molar-refractivity contribution in [2.24, 2.45) is 30.0 Å². The summed E-state index contributed by atoms with van der Waals surface area (Å²) >= 11 is 38.0. The molecule has 0 saturated carbocycles. The maximum Gasteiger partial charge on any atom is 0.164 e. The highest BCUT2D eigenvalue weighted by Gasteiger charge is 2.32. The van der Waals surface area contributed by atoms with Crippen LogP contribution in [0.5, 0.6) is 0 Å². The van der Waals surface area contributed by atoms with E-state index in [-0.39, 0.29) is 0 Å². The summed E-state index contributed by atoms with van der Waals surface area (Å²) < 4.78 is 0. The fraction of sp³-hybridized carbons (Fsp3) is 0. The molecule has 12 heteroatoms. The topological polar surface area (TPSA) is 74.2 Å². The summed E-state index contributed by atoms with van der Waals surface area (Å²) in [5.74, 6) is 2.15. The molecule has 7 rings (SSSR count). The number of hydrogen-bond donors (Lipinski definition) is 0. The lowest BCUT2D eigenvalue weighted by Crippen LogP contribution is -2.03. The van der Waals surface area contributed by atoms with E-state index in [1.165, 1.54) is 0 Å². The van der Waals surface area contributed by atoms with Crippen LogP contribution in [0.2, 0.25) is 30.1 Å². The van der Waals surface area contributed by atoms with Gasteiger partial charge in [0.05, 0.1) is 30.1 Å². The fourth-order valence-electron chi connectivity index (χ4n) is 4.23. The van der Waals surface area contributed by atoms with Gasteiger partial charge in [-0.15, -0.1) is 0 Å². The van der Waals surface area contributed by atoms with Gasteiger partial charge in [-0.25, -0.2) is 30.0 Å². The molecule has 0 radical (unpaired) electrons. The van der Waals surface area contributed by atoms with Gasteiger partial charge in [-0.3, -0.25) is 0 Å². The van der Waals surface area contributed by atoms with Crippen molar-refractivity contribution in [3.05, 3.63) is 99.9 Å². The Bertz CT molecular complexity index is 1580. The molecule has 174 valence electrons. The molecule has 4 aliphatic heterocycles. The van der Waals surface area contributed by atoms with Crippen molar-refractivity contribution in [3.8, 4) is 0 Å². The third-order valence-corrected chi connectivity index (χ3v) is 8.06. The Hall–Kier alpha value is -2.58. The molecule has 3 aromatic carbocycles. The van der Waals surface area contributed by atoms with E-state index < -0.39 is 0 Å². The van der Waals surface area contributed by atoms with E-state index in [2.05, 4.69) is 15.0 Å². The van der Waals surface area contributed by atoms with Crippen LogP contribution < -0.4 is 0 Å². The zero-order chi connectivity index (χ0) is 24.9. The largest absolute Gasteiger partial charge is 0.208 e. The minimum Gasteiger partial charge on any atom is -0.208 e. The maximum absolute atomic E-state index is 6.34. The predicted octanol–water partition coefficient (Wildman–Crippen LogP) is 7.54. The summed E-state index contributed by atoms with van der Waals surface area (Å²) in [4.78, 5) is 28.3. The van der Waals surface area contributed by atoms with Crippen LogP contribution in [0, 0.1) is 0 Å². The third kappa shape index (κ3) is 3.33. The average molecular weight is 591 g/mol. The highest BCUT2D eigenvalue weighted by atomic mass is 35.5. The van der Waals surface area contributed by atoms with Crippen LogP contribution in [0.3, 0.4) is 0 Å². The van der Waals surface area contributed by atoms with Crippen LogP contribution in [0.1, 0.15) is 33.4 Å². The molecule has 36 heavy (non-hydrogen) atoms. The van der Waals surface area contributed by atoms with Crippen molar-refractivity contribution in [1.29, 1.82) is 0 Å². The van der Waals surface area contributed by atoms with Crippen molar-refractivity contribution < 1.29 is 0 Å². The van der Waals surface area contributed by atoms with Gasteiger partial charge in [-0.05, 0) is 36.4 Å². The Morgan fingerprint density at radius 1 is 0.278 bits per heavy atom. The van der Waals surface area contributed by atoms with Gasteiger partial charge in [0.25, 0.3) is 0 Å². The van der Waals surface area contributed by atoms with Crippen LogP contribution in [-0.2, 0) is 0 Å². The van der Waals surface area contributed by atoms with Crippen LogP contribution in [-0.4, -0.2) is 35.0 Å². The summed E-state index contributed by atoms with van der Waals surface area (Å²) in [5.41, 5.74) is 3.88. The van der Waals surface area contributed by atoms with Crippen LogP contribution in [0.15, 0.2) is 66.4 Å². The first-order valence-electron chi connectivity index (χ1n) is 10.3. The molecule has 0 spiro atoms. The van der Waals surface area contributed by atoms with Gasteiger partial charge in [0.2, 0.25) is 0 Å². The number of benzene rings is 3. The molecular weight excluding hydrogens is 585 g/mol. The summed E-state index contributed by atoms with van der Waals surface area (Å²) in [6.45, 7) is 0. The molecule has 0 atom stereocenters. The maximum atomic E-state index is 6.34. The second-order valence-electron chi connectivity index (χ2n) is 8.05. The van der Waals surface area contributed by atoms with E-state index in [0.29, 0.717) is 98.5 Å². The van der Waals surface area contributed by atoms with E-state index in [4.69, 9.17) is 84.6 Å². The van der Waals surface area contributed by atoms with Gasteiger partial charge in [-0.1, -0.05) is 69.6 Å². The fourth-order valence-corrected chi connectivity index (χ4v) is 5.21. The highest BCUT2D eigenvalue weighted by Crippen LogP contribution is 2.36. The molecule has 0 unspecified atom stereocenters. The van der Waals surface area contributed by atoms with Crippen LogP contribution in [0.25, 0.3) is 0 Å². The van der Waals surface area contributed by atoms with Gasteiger partial charge in [0, 0.05) is 33.4 Å². The Morgan fingerprint density at radius 2 is 0.417 bits per heavy atom. The summed E-state index contributed by atoms with van der Waals surface area (Å²) in [6.07, 6.45) is 0.